The Morgan fingerprint density at radius 3 is 2.84 bits per heavy atom. The SMILES string of the molecule is NC(=O)C(CCCN1CCCCC12COC2)NC=O. The van der Waals surface area contributed by atoms with Gasteiger partial charge in [-0.2, -0.15) is 0 Å². The molecule has 2 amide bonds. The van der Waals surface area contributed by atoms with Crippen LogP contribution in [0.3, 0.4) is 0 Å². The summed E-state index contributed by atoms with van der Waals surface area (Å²) in [6.45, 7) is 3.71. The Labute approximate surface area is 113 Å². The van der Waals surface area contributed by atoms with Crippen molar-refractivity contribution in [1.29, 1.82) is 0 Å². The average Bonchev–Trinajstić information content (AvgIpc) is 2.36. The molecule has 2 fully saturated rings. The van der Waals surface area contributed by atoms with E-state index in [2.05, 4.69) is 10.2 Å². The topological polar surface area (TPSA) is 84.7 Å². The molecule has 2 heterocycles. The van der Waals surface area contributed by atoms with Crippen LogP contribution >= 0.6 is 0 Å². The molecular formula is C13H23N3O3. The van der Waals surface area contributed by atoms with Gasteiger partial charge in [-0.25, -0.2) is 0 Å². The first-order valence-electron chi connectivity index (χ1n) is 7.00. The summed E-state index contributed by atoms with van der Waals surface area (Å²) in [7, 11) is 0. The molecule has 0 aromatic rings. The van der Waals surface area contributed by atoms with Gasteiger partial charge in [0, 0.05) is 0 Å². The lowest BCUT2D eigenvalue weighted by Gasteiger charge is -2.52. The molecule has 6 nitrogen and oxygen atoms in total. The zero-order chi connectivity index (χ0) is 13.7. The summed E-state index contributed by atoms with van der Waals surface area (Å²) in [4.78, 5) is 24.0. The number of amides is 2. The van der Waals surface area contributed by atoms with Crippen LogP contribution < -0.4 is 11.1 Å². The number of likely N-dealkylation sites (tertiary alicyclic amines) is 1. The summed E-state index contributed by atoms with van der Waals surface area (Å²) in [5.74, 6) is -0.465. The van der Waals surface area contributed by atoms with Gasteiger partial charge in [0.05, 0.1) is 18.8 Å². The monoisotopic (exact) mass is 269 g/mol. The van der Waals surface area contributed by atoms with E-state index in [9.17, 15) is 9.59 Å². The number of ether oxygens (including phenoxy) is 1. The Hall–Kier alpha value is -1.14. The molecule has 6 heteroatoms. The second-order valence-electron chi connectivity index (χ2n) is 5.54. The molecule has 1 spiro atoms. The van der Waals surface area contributed by atoms with Crippen LogP contribution in [0.2, 0.25) is 0 Å². The maximum absolute atomic E-state index is 11.1. The maximum Gasteiger partial charge on any atom is 0.239 e. The highest BCUT2D eigenvalue weighted by atomic mass is 16.5. The van der Waals surface area contributed by atoms with Crippen LogP contribution in [0.4, 0.5) is 0 Å². The van der Waals surface area contributed by atoms with E-state index in [1.807, 2.05) is 0 Å². The molecule has 1 atom stereocenters. The van der Waals surface area contributed by atoms with Crippen molar-refractivity contribution < 1.29 is 14.3 Å². The van der Waals surface area contributed by atoms with Crippen molar-refractivity contribution in [3.05, 3.63) is 0 Å². The maximum atomic E-state index is 11.1. The minimum Gasteiger partial charge on any atom is -0.377 e. The summed E-state index contributed by atoms with van der Waals surface area (Å²) >= 11 is 0. The summed E-state index contributed by atoms with van der Waals surface area (Å²) in [5, 5.41) is 2.47. The third kappa shape index (κ3) is 3.25. The molecule has 2 aliphatic rings. The molecule has 2 aliphatic heterocycles. The van der Waals surface area contributed by atoms with Crippen molar-refractivity contribution in [2.45, 2.75) is 43.7 Å². The number of hydrogen-bond acceptors (Lipinski definition) is 4. The van der Waals surface area contributed by atoms with Gasteiger partial charge in [-0.05, 0) is 38.8 Å². The molecule has 0 aromatic carbocycles. The highest BCUT2D eigenvalue weighted by molar-refractivity contribution is 5.81. The van der Waals surface area contributed by atoms with Crippen molar-refractivity contribution in [1.82, 2.24) is 10.2 Å². The molecule has 0 aromatic heterocycles. The van der Waals surface area contributed by atoms with Crippen LogP contribution in [-0.2, 0) is 14.3 Å². The van der Waals surface area contributed by atoms with E-state index >= 15 is 0 Å². The molecule has 0 aliphatic carbocycles. The fourth-order valence-electron chi connectivity index (χ4n) is 3.04. The minimum atomic E-state index is -0.545. The smallest absolute Gasteiger partial charge is 0.239 e. The van der Waals surface area contributed by atoms with Crippen LogP contribution in [0.25, 0.3) is 0 Å². The molecule has 0 bridgehead atoms. The molecule has 2 saturated heterocycles. The summed E-state index contributed by atoms with van der Waals surface area (Å²) in [6, 6.07) is -0.545. The summed E-state index contributed by atoms with van der Waals surface area (Å²) in [6.07, 6.45) is 5.71. The molecular weight excluding hydrogens is 246 g/mol. The van der Waals surface area contributed by atoms with Gasteiger partial charge in [-0.3, -0.25) is 14.5 Å². The van der Waals surface area contributed by atoms with Crippen LogP contribution in [0.5, 0.6) is 0 Å². The van der Waals surface area contributed by atoms with Gasteiger partial charge < -0.3 is 15.8 Å². The number of piperidine rings is 1. The molecule has 0 radical (unpaired) electrons. The number of nitrogens with zero attached hydrogens (tertiary/aromatic N) is 1. The van der Waals surface area contributed by atoms with Crippen molar-refractivity contribution >= 4 is 12.3 Å². The predicted molar refractivity (Wildman–Crippen MR) is 70.4 cm³/mol. The number of carbonyl (C=O) groups excluding carboxylic acids is 2. The third-order valence-corrected chi connectivity index (χ3v) is 4.27. The van der Waals surface area contributed by atoms with E-state index in [4.69, 9.17) is 10.5 Å². The number of rotatable bonds is 7. The second kappa shape index (κ2) is 6.34. The Kier molecular flexibility index (Phi) is 4.76. The van der Waals surface area contributed by atoms with Crippen molar-refractivity contribution in [3.63, 3.8) is 0 Å². The normalized spacial score (nSPS) is 23.6. The van der Waals surface area contributed by atoms with Crippen molar-refractivity contribution in [2.75, 3.05) is 26.3 Å². The summed E-state index contributed by atoms with van der Waals surface area (Å²) < 4.78 is 5.38. The van der Waals surface area contributed by atoms with E-state index in [0.29, 0.717) is 12.8 Å². The van der Waals surface area contributed by atoms with Gasteiger partial charge >= 0.3 is 0 Å². The fourth-order valence-corrected chi connectivity index (χ4v) is 3.04. The highest BCUT2D eigenvalue weighted by Crippen LogP contribution is 2.34. The van der Waals surface area contributed by atoms with Gasteiger partial charge in [-0.1, -0.05) is 6.42 Å². The van der Waals surface area contributed by atoms with Crippen molar-refractivity contribution in [2.24, 2.45) is 5.73 Å². The Morgan fingerprint density at radius 1 is 1.47 bits per heavy atom. The number of hydrogen-bond donors (Lipinski definition) is 2. The van der Waals surface area contributed by atoms with E-state index in [1.165, 1.54) is 19.3 Å². The van der Waals surface area contributed by atoms with E-state index in [0.717, 1.165) is 32.7 Å². The molecule has 108 valence electrons. The standard InChI is InChI=1S/C13H23N3O3/c14-12(18)11(15-10-17)4-3-7-16-6-2-1-5-13(16)8-19-9-13/h10-11H,1-9H2,(H2,14,18)(H,15,17). The quantitative estimate of drug-likeness (QED) is 0.617. The first kappa shape index (κ1) is 14.3. The highest BCUT2D eigenvalue weighted by Gasteiger charge is 2.44. The van der Waals surface area contributed by atoms with Gasteiger partial charge in [-0.15, -0.1) is 0 Å². The Bertz CT molecular complexity index is 331. The number of carbonyl (C=O) groups is 2. The number of nitrogens with two attached hydrogens (primary N) is 1. The lowest BCUT2D eigenvalue weighted by atomic mass is 9.84. The van der Waals surface area contributed by atoms with E-state index in [1.54, 1.807) is 0 Å². The zero-order valence-corrected chi connectivity index (χ0v) is 11.3. The van der Waals surface area contributed by atoms with Gasteiger partial charge in [0.2, 0.25) is 12.3 Å². The van der Waals surface area contributed by atoms with Gasteiger partial charge in [0.15, 0.2) is 0 Å². The van der Waals surface area contributed by atoms with Gasteiger partial charge in [0.25, 0.3) is 0 Å². The van der Waals surface area contributed by atoms with Crippen LogP contribution in [0.15, 0.2) is 0 Å². The number of nitrogens with one attached hydrogen (secondary N) is 1. The minimum absolute atomic E-state index is 0.249. The molecule has 0 saturated carbocycles. The largest absolute Gasteiger partial charge is 0.377 e. The zero-order valence-electron chi connectivity index (χ0n) is 11.3. The van der Waals surface area contributed by atoms with Crippen LogP contribution in [0, 0.1) is 0 Å². The van der Waals surface area contributed by atoms with Crippen molar-refractivity contribution in [3.8, 4) is 0 Å². The Balaban J connectivity index is 1.77. The molecule has 3 N–H and O–H groups in total. The molecule has 2 rings (SSSR count). The lowest BCUT2D eigenvalue weighted by molar-refractivity contribution is -0.156. The predicted octanol–water partition coefficient (Wildman–Crippen LogP) is -0.379. The Morgan fingerprint density at radius 2 is 2.26 bits per heavy atom. The first-order chi connectivity index (χ1) is 9.18. The van der Waals surface area contributed by atoms with E-state index in [-0.39, 0.29) is 5.54 Å². The fraction of sp³-hybridized carbons (Fsp3) is 0.846. The van der Waals surface area contributed by atoms with Crippen LogP contribution in [-0.4, -0.2) is 55.1 Å². The lowest BCUT2D eigenvalue weighted by Crippen LogP contribution is -2.64. The molecule has 1 unspecified atom stereocenters. The summed E-state index contributed by atoms with van der Waals surface area (Å²) in [5.41, 5.74) is 5.49. The average molecular weight is 269 g/mol. The third-order valence-electron chi connectivity index (χ3n) is 4.27. The molecule has 19 heavy (non-hydrogen) atoms. The first-order valence-corrected chi connectivity index (χ1v) is 7.00. The van der Waals surface area contributed by atoms with Crippen LogP contribution in [0.1, 0.15) is 32.1 Å². The van der Waals surface area contributed by atoms with Gasteiger partial charge in [0.1, 0.15) is 6.04 Å². The van der Waals surface area contributed by atoms with E-state index < -0.39 is 11.9 Å². The number of primary amides is 1. The second-order valence-corrected chi connectivity index (χ2v) is 5.54.